The maximum Gasteiger partial charge on any atom is 0.142 e. The molecule has 3 nitrogen and oxygen atoms in total. The van der Waals surface area contributed by atoms with Gasteiger partial charge < -0.3 is 15.0 Å². The zero-order valence-electron chi connectivity index (χ0n) is 11.2. The molecule has 1 aromatic rings. The molecule has 0 aliphatic carbocycles. The van der Waals surface area contributed by atoms with Crippen LogP contribution in [0.2, 0.25) is 0 Å². The number of nitrogens with one attached hydrogen (secondary N) is 1. The van der Waals surface area contributed by atoms with Gasteiger partial charge in [0.25, 0.3) is 0 Å². The molecule has 1 atom stereocenters. The van der Waals surface area contributed by atoms with Gasteiger partial charge in [-0.05, 0) is 24.6 Å². The molecule has 100 valence electrons. The Morgan fingerprint density at radius 1 is 1.44 bits per heavy atom. The number of ether oxygens (including phenoxy) is 1. The van der Waals surface area contributed by atoms with E-state index in [4.69, 9.17) is 4.74 Å². The van der Waals surface area contributed by atoms with Crippen LogP contribution in [0.3, 0.4) is 0 Å². The van der Waals surface area contributed by atoms with Crippen molar-refractivity contribution < 1.29 is 4.74 Å². The quantitative estimate of drug-likeness (QED) is 0.925. The molecule has 1 aromatic carbocycles. The summed E-state index contributed by atoms with van der Waals surface area (Å²) in [6.07, 6.45) is 1.19. The molecule has 1 saturated heterocycles. The van der Waals surface area contributed by atoms with Crippen LogP contribution in [0.1, 0.15) is 20.3 Å². The summed E-state index contributed by atoms with van der Waals surface area (Å²) in [4.78, 5) is 2.39. The van der Waals surface area contributed by atoms with Crippen molar-refractivity contribution in [3.63, 3.8) is 0 Å². The highest BCUT2D eigenvalue weighted by Crippen LogP contribution is 2.33. The van der Waals surface area contributed by atoms with Crippen LogP contribution in [-0.4, -0.2) is 32.3 Å². The van der Waals surface area contributed by atoms with Crippen molar-refractivity contribution in [1.29, 1.82) is 0 Å². The maximum absolute atomic E-state index is 5.45. The van der Waals surface area contributed by atoms with E-state index in [0.717, 1.165) is 23.3 Å². The summed E-state index contributed by atoms with van der Waals surface area (Å²) >= 11 is 3.53. The van der Waals surface area contributed by atoms with Crippen molar-refractivity contribution in [3.8, 4) is 5.75 Å². The molecule has 0 saturated carbocycles. The van der Waals surface area contributed by atoms with E-state index in [-0.39, 0.29) is 0 Å². The van der Waals surface area contributed by atoms with Crippen molar-refractivity contribution in [2.24, 2.45) is 0 Å². The van der Waals surface area contributed by atoms with E-state index < -0.39 is 0 Å². The van der Waals surface area contributed by atoms with E-state index in [1.807, 2.05) is 12.1 Å². The summed E-state index contributed by atoms with van der Waals surface area (Å²) in [5.74, 6) is 0.948. The van der Waals surface area contributed by atoms with Crippen LogP contribution in [0.4, 0.5) is 5.69 Å². The fourth-order valence-corrected chi connectivity index (χ4v) is 2.85. The Bertz CT molecular complexity index is 409. The molecule has 0 amide bonds. The third-order valence-corrected chi connectivity index (χ3v) is 3.73. The third kappa shape index (κ3) is 3.18. The first-order chi connectivity index (χ1) is 8.60. The van der Waals surface area contributed by atoms with Crippen LogP contribution in [0.15, 0.2) is 22.7 Å². The summed E-state index contributed by atoms with van der Waals surface area (Å²) in [6, 6.07) is 7.29. The molecule has 1 N–H and O–H groups in total. The Hall–Kier alpha value is -0.740. The summed E-state index contributed by atoms with van der Waals surface area (Å²) in [5, 5.41) is 3.60. The molecule has 4 heteroatoms. The lowest BCUT2D eigenvalue weighted by Crippen LogP contribution is -2.37. The van der Waals surface area contributed by atoms with E-state index in [1.54, 1.807) is 7.11 Å². The average molecular weight is 313 g/mol. The van der Waals surface area contributed by atoms with Gasteiger partial charge in [0.2, 0.25) is 0 Å². The van der Waals surface area contributed by atoms with Crippen LogP contribution in [0, 0.1) is 0 Å². The zero-order chi connectivity index (χ0) is 13.1. The number of halogens is 1. The molecule has 0 aromatic heterocycles. The van der Waals surface area contributed by atoms with Gasteiger partial charge in [-0.1, -0.05) is 29.8 Å². The highest BCUT2D eigenvalue weighted by atomic mass is 79.9. The molecule has 2 rings (SSSR count). The Balaban J connectivity index is 2.11. The van der Waals surface area contributed by atoms with E-state index in [0.29, 0.717) is 12.1 Å². The number of methoxy groups -OCH3 is 1. The lowest BCUT2D eigenvalue weighted by Gasteiger charge is -2.22. The number of hydrogen-bond donors (Lipinski definition) is 1. The normalized spacial score (nSPS) is 19.6. The first kappa shape index (κ1) is 13.7. The minimum absolute atomic E-state index is 0.541. The highest BCUT2D eigenvalue weighted by molar-refractivity contribution is 9.10. The standard InChI is InChI=1S/C14H21BrN2O/c1-10(2)16-12-6-7-17(9-12)13-8-11(15)4-5-14(13)18-3/h4-5,8,10,12,16H,6-7,9H2,1-3H3. The monoisotopic (exact) mass is 312 g/mol. The van der Waals surface area contributed by atoms with Gasteiger partial charge in [0.1, 0.15) is 5.75 Å². The smallest absolute Gasteiger partial charge is 0.142 e. The van der Waals surface area contributed by atoms with E-state index in [1.165, 1.54) is 12.1 Å². The third-order valence-electron chi connectivity index (χ3n) is 3.24. The van der Waals surface area contributed by atoms with Crippen molar-refractivity contribution in [3.05, 3.63) is 22.7 Å². The topological polar surface area (TPSA) is 24.5 Å². The highest BCUT2D eigenvalue weighted by Gasteiger charge is 2.24. The van der Waals surface area contributed by atoms with Crippen LogP contribution < -0.4 is 15.0 Å². The predicted octanol–water partition coefficient (Wildman–Crippen LogP) is 3.03. The second-order valence-corrected chi connectivity index (χ2v) is 5.98. The van der Waals surface area contributed by atoms with Crippen molar-refractivity contribution in [2.45, 2.75) is 32.4 Å². The molecule has 0 radical (unpaired) electrons. The van der Waals surface area contributed by atoms with Crippen molar-refractivity contribution in [1.82, 2.24) is 5.32 Å². The van der Waals surface area contributed by atoms with Gasteiger partial charge in [-0.2, -0.15) is 0 Å². The first-order valence-corrected chi connectivity index (χ1v) is 7.24. The molecular formula is C14H21BrN2O. The lowest BCUT2D eigenvalue weighted by atomic mass is 10.2. The predicted molar refractivity (Wildman–Crippen MR) is 79.6 cm³/mol. The number of rotatable bonds is 4. The summed E-state index contributed by atoms with van der Waals surface area (Å²) in [6.45, 7) is 6.52. The largest absolute Gasteiger partial charge is 0.495 e. The number of benzene rings is 1. The van der Waals surface area contributed by atoms with E-state index >= 15 is 0 Å². The Morgan fingerprint density at radius 3 is 2.89 bits per heavy atom. The van der Waals surface area contributed by atoms with Gasteiger partial charge in [-0.25, -0.2) is 0 Å². The second-order valence-electron chi connectivity index (χ2n) is 5.07. The molecule has 1 aliphatic heterocycles. The van der Waals surface area contributed by atoms with Gasteiger partial charge in [0.15, 0.2) is 0 Å². The van der Waals surface area contributed by atoms with Crippen LogP contribution in [0.25, 0.3) is 0 Å². The number of nitrogens with zero attached hydrogens (tertiary/aromatic N) is 1. The molecule has 1 aliphatic rings. The maximum atomic E-state index is 5.45. The fraction of sp³-hybridized carbons (Fsp3) is 0.571. The fourth-order valence-electron chi connectivity index (χ4n) is 2.50. The number of hydrogen-bond acceptors (Lipinski definition) is 3. The molecule has 18 heavy (non-hydrogen) atoms. The Morgan fingerprint density at radius 2 is 2.22 bits per heavy atom. The zero-order valence-corrected chi connectivity index (χ0v) is 12.8. The van der Waals surface area contributed by atoms with Gasteiger partial charge in [0.05, 0.1) is 12.8 Å². The van der Waals surface area contributed by atoms with Crippen LogP contribution >= 0.6 is 15.9 Å². The van der Waals surface area contributed by atoms with E-state index in [2.05, 4.69) is 46.1 Å². The molecule has 1 fully saturated rings. The molecule has 0 bridgehead atoms. The first-order valence-electron chi connectivity index (χ1n) is 6.44. The summed E-state index contributed by atoms with van der Waals surface area (Å²) in [7, 11) is 1.73. The summed E-state index contributed by atoms with van der Waals surface area (Å²) in [5.41, 5.74) is 1.18. The minimum Gasteiger partial charge on any atom is -0.495 e. The lowest BCUT2D eigenvalue weighted by molar-refractivity contribution is 0.414. The minimum atomic E-state index is 0.541. The average Bonchev–Trinajstić information content (AvgIpc) is 2.76. The molecule has 1 heterocycles. The van der Waals surface area contributed by atoms with Crippen molar-refractivity contribution in [2.75, 3.05) is 25.1 Å². The Labute approximate surface area is 118 Å². The molecular weight excluding hydrogens is 292 g/mol. The van der Waals surface area contributed by atoms with Crippen LogP contribution in [0.5, 0.6) is 5.75 Å². The van der Waals surface area contributed by atoms with E-state index in [9.17, 15) is 0 Å². The summed E-state index contributed by atoms with van der Waals surface area (Å²) < 4.78 is 6.54. The molecule has 1 unspecified atom stereocenters. The van der Waals surface area contributed by atoms with Crippen molar-refractivity contribution >= 4 is 21.6 Å². The Kier molecular flexibility index (Phi) is 4.51. The van der Waals surface area contributed by atoms with Gasteiger partial charge in [-0.3, -0.25) is 0 Å². The SMILES string of the molecule is COc1ccc(Br)cc1N1CCC(NC(C)C)C1. The van der Waals surface area contributed by atoms with Gasteiger partial charge >= 0.3 is 0 Å². The van der Waals surface area contributed by atoms with Crippen LogP contribution in [-0.2, 0) is 0 Å². The van der Waals surface area contributed by atoms with Gasteiger partial charge in [0, 0.05) is 29.6 Å². The molecule has 0 spiro atoms. The second kappa shape index (κ2) is 5.93. The number of anilines is 1. The van der Waals surface area contributed by atoms with Gasteiger partial charge in [-0.15, -0.1) is 0 Å².